The van der Waals surface area contributed by atoms with Crippen LogP contribution in [-0.2, 0) is 13.5 Å². The molecule has 0 spiro atoms. The standard InChI is InChI=1S/C18H16N4O/c1-22-11-15(14-4-2-3-5-16(14)22)18-20-17(23-21-18)10-12-6-8-13(19)9-7-12/h2-9,11H,10,19H2,1H3. The average molecular weight is 304 g/mol. The van der Waals surface area contributed by atoms with Crippen molar-refractivity contribution >= 4 is 16.6 Å². The lowest BCUT2D eigenvalue weighted by Gasteiger charge is -1.97. The second-order valence-electron chi connectivity index (χ2n) is 5.60. The Morgan fingerprint density at radius 2 is 1.87 bits per heavy atom. The van der Waals surface area contributed by atoms with Crippen LogP contribution in [0.1, 0.15) is 11.5 Å². The van der Waals surface area contributed by atoms with E-state index in [9.17, 15) is 0 Å². The molecule has 0 fully saturated rings. The van der Waals surface area contributed by atoms with E-state index in [0.717, 1.165) is 27.7 Å². The van der Waals surface area contributed by atoms with E-state index in [2.05, 4.69) is 26.8 Å². The molecule has 0 aliphatic rings. The fraction of sp³-hybridized carbons (Fsp3) is 0.111. The van der Waals surface area contributed by atoms with Crippen molar-refractivity contribution in [2.45, 2.75) is 6.42 Å². The molecule has 0 aliphatic carbocycles. The first-order valence-corrected chi connectivity index (χ1v) is 7.42. The highest BCUT2D eigenvalue weighted by Crippen LogP contribution is 2.28. The van der Waals surface area contributed by atoms with E-state index in [4.69, 9.17) is 10.3 Å². The minimum absolute atomic E-state index is 0.595. The van der Waals surface area contributed by atoms with Gasteiger partial charge in [-0.2, -0.15) is 4.98 Å². The third kappa shape index (κ3) is 2.46. The van der Waals surface area contributed by atoms with Gasteiger partial charge in [-0.3, -0.25) is 0 Å². The first-order valence-electron chi connectivity index (χ1n) is 7.42. The maximum Gasteiger partial charge on any atom is 0.231 e. The monoisotopic (exact) mass is 304 g/mol. The smallest absolute Gasteiger partial charge is 0.231 e. The van der Waals surface area contributed by atoms with Gasteiger partial charge in [-0.25, -0.2) is 0 Å². The minimum Gasteiger partial charge on any atom is -0.399 e. The number of para-hydroxylation sites is 1. The molecule has 5 heteroatoms. The number of anilines is 1. The molecule has 0 saturated carbocycles. The van der Waals surface area contributed by atoms with Crippen LogP contribution in [-0.4, -0.2) is 14.7 Å². The van der Waals surface area contributed by atoms with E-state index in [-0.39, 0.29) is 0 Å². The number of rotatable bonds is 3. The first kappa shape index (κ1) is 13.6. The molecule has 0 atom stereocenters. The fourth-order valence-electron chi connectivity index (χ4n) is 2.77. The molecule has 23 heavy (non-hydrogen) atoms. The quantitative estimate of drug-likeness (QED) is 0.589. The molecule has 2 N–H and O–H groups in total. The van der Waals surface area contributed by atoms with Crippen molar-refractivity contribution < 1.29 is 4.52 Å². The molecule has 0 unspecified atom stereocenters. The lowest BCUT2D eigenvalue weighted by molar-refractivity contribution is 0.386. The summed E-state index contributed by atoms with van der Waals surface area (Å²) in [5, 5.41) is 5.26. The van der Waals surface area contributed by atoms with Crippen molar-refractivity contribution in [3.63, 3.8) is 0 Å². The number of fused-ring (bicyclic) bond motifs is 1. The van der Waals surface area contributed by atoms with Crippen molar-refractivity contribution in [2.75, 3.05) is 5.73 Å². The molecule has 0 bridgehead atoms. The predicted octanol–water partition coefficient (Wildman–Crippen LogP) is 3.40. The summed E-state index contributed by atoms with van der Waals surface area (Å²) in [6.07, 6.45) is 2.63. The molecule has 5 nitrogen and oxygen atoms in total. The second kappa shape index (κ2) is 5.28. The molecule has 4 aromatic rings. The zero-order chi connectivity index (χ0) is 15.8. The van der Waals surface area contributed by atoms with E-state index in [0.29, 0.717) is 18.1 Å². The molecule has 0 amide bonds. The van der Waals surface area contributed by atoms with Crippen molar-refractivity contribution in [3.05, 3.63) is 66.2 Å². The Morgan fingerprint density at radius 3 is 2.70 bits per heavy atom. The summed E-state index contributed by atoms with van der Waals surface area (Å²) in [6.45, 7) is 0. The highest BCUT2D eigenvalue weighted by atomic mass is 16.5. The molecule has 114 valence electrons. The van der Waals surface area contributed by atoms with Crippen LogP contribution in [0.4, 0.5) is 5.69 Å². The van der Waals surface area contributed by atoms with Gasteiger partial charge in [0, 0.05) is 35.4 Å². The summed E-state index contributed by atoms with van der Waals surface area (Å²) in [6, 6.07) is 15.9. The topological polar surface area (TPSA) is 69.9 Å². The SMILES string of the molecule is Cn1cc(-c2noc(Cc3ccc(N)cc3)n2)c2ccccc21. The van der Waals surface area contributed by atoms with Crippen LogP contribution in [0.3, 0.4) is 0 Å². The Morgan fingerprint density at radius 1 is 1.09 bits per heavy atom. The van der Waals surface area contributed by atoms with Crippen LogP contribution >= 0.6 is 0 Å². The number of aromatic nitrogens is 3. The van der Waals surface area contributed by atoms with E-state index in [1.807, 2.05) is 49.6 Å². The minimum atomic E-state index is 0.595. The van der Waals surface area contributed by atoms with Crippen LogP contribution in [0.15, 0.2) is 59.3 Å². The van der Waals surface area contributed by atoms with Crippen LogP contribution in [0.2, 0.25) is 0 Å². The number of hydrogen-bond acceptors (Lipinski definition) is 4. The van der Waals surface area contributed by atoms with Gasteiger partial charge in [-0.05, 0) is 23.8 Å². The molecular formula is C18H16N4O. The Balaban J connectivity index is 1.68. The van der Waals surface area contributed by atoms with Crippen LogP contribution in [0.5, 0.6) is 0 Å². The van der Waals surface area contributed by atoms with Gasteiger partial charge in [-0.1, -0.05) is 35.5 Å². The van der Waals surface area contributed by atoms with Gasteiger partial charge in [-0.15, -0.1) is 0 Å². The van der Waals surface area contributed by atoms with E-state index < -0.39 is 0 Å². The number of nitrogens with zero attached hydrogens (tertiary/aromatic N) is 3. The van der Waals surface area contributed by atoms with Gasteiger partial charge in [0.2, 0.25) is 11.7 Å². The summed E-state index contributed by atoms with van der Waals surface area (Å²) in [5.41, 5.74) is 9.67. The van der Waals surface area contributed by atoms with Crippen molar-refractivity contribution in [3.8, 4) is 11.4 Å². The van der Waals surface area contributed by atoms with E-state index in [1.165, 1.54) is 0 Å². The Bertz CT molecular complexity index is 966. The molecule has 4 rings (SSSR count). The van der Waals surface area contributed by atoms with E-state index >= 15 is 0 Å². The summed E-state index contributed by atoms with van der Waals surface area (Å²) in [4.78, 5) is 4.54. The Labute approximate surface area is 133 Å². The van der Waals surface area contributed by atoms with Crippen LogP contribution in [0.25, 0.3) is 22.3 Å². The molecule has 0 saturated heterocycles. The van der Waals surface area contributed by atoms with Crippen molar-refractivity contribution in [1.82, 2.24) is 14.7 Å². The number of aryl methyl sites for hydroxylation is 1. The van der Waals surface area contributed by atoms with Crippen LogP contribution in [0, 0.1) is 0 Å². The zero-order valence-corrected chi connectivity index (χ0v) is 12.7. The summed E-state index contributed by atoms with van der Waals surface area (Å²) in [5.74, 6) is 1.21. The average Bonchev–Trinajstić information content (AvgIpc) is 3.15. The molecule has 0 aliphatic heterocycles. The molecule has 2 heterocycles. The van der Waals surface area contributed by atoms with Gasteiger partial charge in [0.25, 0.3) is 0 Å². The normalized spacial score (nSPS) is 11.2. The zero-order valence-electron chi connectivity index (χ0n) is 12.7. The fourth-order valence-corrected chi connectivity index (χ4v) is 2.77. The largest absolute Gasteiger partial charge is 0.399 e. The molecule has 2 aromatic carbocycles. The summed E-state index contributed by atoms with van der Waals surface area (Å²) >= 11 is 0. The number of benzene rings is 2. The van der Waals surface area contributed by atoms with Crippen molar-refractivity contribution in [1.29, 1.82) is 0 Å². The van der Waals surface area contributed by atoms with Gasteiger partial charge in [0.15, 0.2) is 0 Å². The highest BCUT2D eigenvalue weighted by molar-refractivity contribution is 5.94. The Hall–Kier alpha value is -3.08. The molecule has 2 aromatic heterocycles. The third-order valence-electron chi connectivity index (χ3n) is 3.94. The summed E-state index contributed by atoms with van der Waals surface area (Å²) in [7, 11) is 2.02. The van der Waals surface area contributed by atoms with E-state index in [1.54, 1.807) is 0 Å². The first-order chi connectivity index (χ1) is 11.2. The highest BCUT2D eigenvalue weighted by Gasteiger charge is 2.14. The second-order valence-corrected chi connectivity index (χ2v) is 5.60. The maximum absolute atomic E-state index is 5.70. The lowest BCUT2D eigenvalue weighted by Crippen LogP contribution is -1.90. The third-order valence-corrected chi connectivity index (χ3v) is 3.94. The van der Waals surface area contributed by atoms with Crippen molar-refractivity contribution in [2.24, 2.45) is 7.05 Å². The van der Waals surface area contributed by atoms with Gasteiger partial charge >= 0.3 is 0 Å². The lowest BCUT2D eigenvalue weighted by atomic mass is 10.1. The summed E-state index contributed by atoms with van der Waals surface area (Å²) < 4.78 is 7.48. The maximum atomic E-state index is 5.70. The molecule has 0 radical (unpaired) electrons. The number of nitrogens with two attached hydrogens (primary N) is 1. The van der Waals surface area contributed by atoms with Gasteiger partial charge in [0.05, 0.1) is 6.42 Å². The Kier molecular flexibility index (Phi) is 3.12. The number of hydrogen-bond donors (Lipinski definition) is 1. The van der Waals surface area contributed by atoms with Gasteiger partial charge < -0.3 is 14.8 Å². The predicted molar refractivity (Wildman–Crippen MR) is 89.9 cm³/mol. The van der Waals surface area contributed by atoms with Gasteiger partial charge in [0.1, 0.15) is 0 Å². The van der Waals surface area contributed by atoms with Crippen LogP contribution < -0.4 is 5.73 Å². The molecular weight excluding hydrogens is 288 g/mol. The number of nitrogen functional groups attached to an aromatic ring is 1.